The number of rotatable bonds is 3. The van der Waals surface area contributed by atoms with Crippen LogP contribution in [0.2, 0.25) is 5.02 Å². The number of hydrogen-bond acceptors (Lipinski definition) is 2. The van der Waals surface area contributed by atoms with Gasteiger partial charge < -0.3 is 9.64 Å². The number of benzene rings is 1. The van der Waals surface area contributed by atoms with Crippen molar-refractivity contribution in [1.29, 1.82) is 0 Å². The first-order chi connectivity index (χ1) is 7.06. The summed E-state index contributed by atoms with van der Waals surface area (Å²) in [6, 6.07) is 5.28. The van der Waals surface area contributed by atoms with E-state index in [0.29, 0.717) is 17.4 Å². The van der Waals surface area contributed by atoms with E-state index in [-0.39, 0.29) is 5.91 Å². The summed E-state index contributed by atoms with van der Waals surface area (Å²) < 4.78 is 5.30. The van der Waals surface area contributed by atoms with Gasteiger partial charge in [0.05, 0.1) is 11.6 Å². The van der Waals surface area contributed by atoms with Crippen LogP contribution in [0.15, 0.2) is 18.2 Å². The number of ether oxygens (including phenoxy) is 1. The lowest BCUT2D eigenvalue weighted by atomic mass is 10.3. The SMILES string of the molecule is CCOc1ccc(N(C)C(C)=O)cc1Cl. The molecule has 1 amide bonds. The molecule has 0 aliphatic heterocycles. The van der Waals surface area contributed by atoms with Crippen molar-refractivity contribution < 1.29 is 9.53 Å². The lowest BCUT2D eigenvalue weighted by molar-refractivity contribution is -0.116. The van der Waals surface area contributed by atoms with Crippen LogP contribution in [-0.2, 0) is 4.79 Å². The normalized spacial score (nSPS) is 9.87. The van der Waals surface area contributed by atoms with Crippen LogP contribution in [-0.4, -0.2) is 19.6 Å². The molecular weight excluding hydrogens is 214 g/mol. The Morgan fingerprint density at radius 1 is 1.53 bits per heavy atom. The van der Waals surface area contributed by atoms with Crippen LogP contribution in [0.25, 0.3) is 0 Å². The van der Waals surface area contributed by atoms with Crippen molar-refractivity contribution in [3.05, 3.63) is 23.2 Å². The highest BCUT2D eigenvalue weighted by Crippen LogP contribution is 2.28. The van der Waals surface area contributed by atoms with Crippen molar-refractivity contribution in [2.75, 3.05) is 18.6 Å². The molecule has 1 aromatic rings. The van der Waals surface area contributed by atoms with Gasteiger partial charge in [-0.05, 0) is 25.1 Å². The zero-order valence-electron chi connectivity index (χ0n) is 9.08. The topological polar surface area (TPSA) is 29.5 Å². The average molecular weight is 228 g/mol. The molecule has 15 heavy (non-hydrogen) atoms. The standard InChI is InChI=1S/C11H14ClNO2/c1-4-15-11-6-5-9(7-10(11)12)13(3)8(2)14/h5-7H,4H2,1-3H3. The highest BCUT2D eigenvalue weighted by molar-refractivity contribution is 6.32. The van der Waals surface area contributed by atoms with Crippen LogP contribution in [0.5, 0.6) is 5.75 Å². The first kappa shape index (κ1) is 11.9. The molecule has 0 bridgehead atoms. The number of amides is 1. The second-order valence-electron chi connectivity index (χ2n) is 3.13. The van der Waals surface area contributed by atoms with Gasteiger partial charge in [0, 0.05) is 19.7 Å². The molecule has 3 nitrogen and oxygen atoms in total. The highest BCUT2D eigenvalue weighted by Gasteiger charge is 2.08. The summed E-state index contributed by atoms with van der Waals surface area (Å²) in [5.74, 6) is 0.607. The molecule has 0 atom stereocenters. The maximum atomic E-state index is 11.1. The van der Waals surface area contributed by atoms with Crippen molar-refractivity contribution in [3.63, 3.8) is 0 Å². The minimum atomic E-state index is -0.0322. The number of nitrogens with zero attached hydrogens (tertiary/aromatic N) is 1. The van der Waals surface area contributed by atoms with Gasteiger partial charge in [0.2, 0.25) is 5.91 Å². The Morgan fingerprint density at radius 3 is 2.67 bits per heavy atom. The molecule has 0 radical (unpaired) electrons. The fourth-order valence-corrected chi connectivity index (χ4v) is 1.38. The van der Waals surface area contributed by atoms with E-state index in [1.165, 1.54) is 11.8 Å². The third kappa shape index (κ3) is 2.86. The zero-order chi connectivity index (χ0) is 11.4. The summed E-state index contributed by atoms with van der Waals surface area (Å²) in [6.45, 7) is 3.97. The summed E-state index contributed by atoms with van der Waals surface area (Å²) in [7, 11) is 1.70. The lowest BCUT2D eigenvalue weighted by Crippen LogP contribution is -2.22. The average Bonchev–Trinajstić information content (AvgIpc) is 2.20. The van der Waals surface area contributed by atoms with E-state index in [2.05, 4.69) is 0 Å². The molecule has 0 fully saturated rings. The van der Waals surface area contributed by atoms with Gasteiger partial charge in [-0.15, -0.1) is 0 Å². The van der Waals surface area contributed by atoms with Crippen LogP contribution in [0.1, 0.15) is 13.8 Å². The number of halogens is 1. The van der Waals surface area contributed by atoms with E-state index < -0.39 is 0 Å². The maximum absolute atomic E-state index is 11.1. The molecule has 82 valence electrons. The molecule has 0 spiro atoms. The van der Waals surface area contributed by atoms with Crippen molar-refractivity contribution in [1.82, 2.24) is 0 Å². The molecule has 0 aliphatic carbocycles. The molecule has 0 aromatic heterocycles. The predicted octanol–water partition coefficient (Wildman–Crippen LogP) is 2.72. The molecule has 4 heteroatoms. The third-order valence-corrected chi connectivity index (χ3v) is 2.37. The highest BCUT2D eigenvalue weighted by atomic mass is 35.5. The van der Waals surface area contributed by atoms with Crippen molar-refractivity contribution in [2.45, 2.75) is 13.8 Å². The molecule has 1 aromatic carbocycles. The Morgan fingerprint density at radius 2 is 2.20 bits per heavy atom. The predicted molar refractivity (Wildman–Crippen MR) is 61.7 cm³/mol. The smallest absolute Gasteiger partial charge is 0.223 e. The summed E-state index contributed by atoms with van der Waals surface area (Å²) >= 11 is 5.99. The molecule has 0 heterocycles. The summed E-state index contributed by atoms with van der Waals surface area (Å²) in [5.41, 5.74) is 0.760. The van der Waals surface area contributed by atoms with Crippen LogP contribution < -0.4 is 9.64 Å². The monoisotopic (exact) mass is 227 g/mol. The number of carbonyl (C=O) groups is 1. The van der Waals surface area contributed by atoms with Gasteiger partial charge in [-0.1, -0.05) is 11.6 Å². The fraction of sp³-hybridized carbons (Fsp3) is 0.364. The fourth-order valence-electron chi connectivity index (χ4n) is 1.15. The van der Waals surface area contributed by atoms with E-state index in [9.17, 15) is 4.79 Å². The van der Waals surface area contributed by atoms with Gasteiger partial charge in [-0.2, -0.15) is 0 Å². The zero-order valence-corrected chi connectivity index (χ0v) is 9.84. The summed E-state index contributed by atoms with van der Waals surface area (Å²) in [4.78, 5) is 12.6. The van der Waals surface area contributed by atoms with Crippen molar-refractivity contribution >= 4 is 23.2 Å². The van der Waals surface area contributed by atoms with E-state index in [0.717, 1.165) is 5.69 Å². The van der Waals surface area contributed by atoms with Gasteiger partial charge in [-0.3, -0.25) is 4.79 Å². The molecule has 0 unspecified atom stereocenters. The second kappa shape index (κ2) is 5.03. The minimum absolute atomic E-state index is 0.0322. The summed E-state index contributed by atoms with van der Waals surface area (Å²) in [6.07, 6.45) is 0. The van der Waals surface area contributed by atoms with E-state index in [1.54, 1.807) is 25.2 Å². The van der Waals surface area contributed by atoms with Gasteiger partial charge in [0.1, 0.15) is 5.75 Å². The molecule has 0 saturated carbocycles. The first-order valence-corrected chi connectivity index (χ1v) is 5.10. The van der Waals surface area contributed by atoms with Crippen LogP contribution in [0.3, 0.4) is 0 Å². The van der Waals surface area contributed by atoms with Crippen molar-refractivity contribution in [2.24, 2.45) is 0 Å². The minimum Gasteiger partial charge on any atom is -0.492 e. The Kier molecular flexibility index (Phi) is 3.97. The van der Waals surface area contributed by atoms with E-state index in [1.807, 2.05) is 6.92 Å². The Hall–Kier alpha value is -1.22. The van der Waals surface area contributed by atoms with E-state index >= 15 is 0 Å². The maximum Gasteiger partial charge on any atom is 0.223 e. The first-order valence-electron chi connectivity index (χ1n) is 4.73. The Balaban J connectivity index is 2.95. The molecule has 1 rings (SSSR count). The number of anilines is 1. The van der Waals surface area contributed by atoms with Crippen LogP contribution >= 0.6 is 11.6 Å². The quantitative estimate of drug-likeness (QED) is 0.795. The molecule has 0 saturated heterocycles. The molecular formula is C11H14ClNO2. The summed E-state index contributed by atoms with van der Waals surface area (Å²) in [5, 5.41) is 0.516. The van der Waals surface area contributed by atoms with Crippen LogP contribution in [0, 0.1) is 0 Å². The van der Waals surface area contributed by atoms with Gasteiger partial charge in [0.15, 0.2) is 0 Å². The van der Waals surface area contributed by atoms with Crippen LogP contribution in [0.4, 0.5) is 5.69 Å². The second-order valence-corrected chi connectivity index (χ2v) is 3.53. The third-order valence-electron chi connectivity index (χ3n) is 2.07. The molecule has 0 aliphatic rings. The van der Waals surface area contributed by atoms with Gasteiger partial charge in [-0.25, -0.2) is 0 Å². The Bertz CT molecular complexity index is 366. The van der Waals surface area contributed by atoms with E-state index in [4.69, 9.17) is 16.3 Å². The largest absolute Gasteiger partial charge is 0.492 e. The Labute approximate surface area is 94.6 Å². The van der Waals surface area contributed by atoms with Gasteiger partial charge >= 0.3 is 0 Å². The van der Waals surface area contributed by atoms with Crippen molar-refractivity contribution in [3.8, 4) is 5.75 Å². The lowest BCUT2D eigenvalue weighted by Gasteiger charge is -2.16. The number of hydrogen-bond donors (Lipinski definition) is 0. The van der Waals surface area contributed by atoms with Gasteiger partial charge in [0.25, 0.3) is 0 Å². The number of carbonyl (C=O) groups excluding carboxylic acids is 1. The molecule has 0 N–H and O–H groups in total.